The van der Waals surface area contributed by atoms with Crippen LogP contribution >= 0.6 is 0 Å². The van der Waals surface area contributed by atoms with E-state index in [0.29, 0.717) is 24.4 Å². The number of alkyl halides is 3. The summed E-state index contributed by atoms with van der Waals surface area (Å²) in [6, 6.07) is 4.91. The van der Waals surface area contributed by atoms with E-state index in [-0.39, 0.29) is 29.8 Å². The predicted octanol–water partition coefficient (Wildman–Crippen LogP) is 4.04. The summed E-state index contributed by atoms with van der Waals surface area (Å²) in [5.41, 5.74) is 2.13. The molecule has 1 amide bonds. The fourth-order valence-electron chi connectivity index (χ4n) is 4.04. The Morgan fingerprint density at radius 2 is 1.92 bits per heavy atom. The lowest BCUT2D eigenvalue weighted by Gasteiger charge is -2.28. The van der Waals surface area contributed by atoms with E-state index in [2.05, 4.69) is 26.6 Å². The van der Waals surface area contributed by atoms with Gasteiger partial charge in [0.05, 0.1) is 23.1 Å². The van der Waals surface area contributed by atoms with Gasteiger partial charge >= 0.3 is 6.18 Å². The first kappa shape index (κ1) is 31.0. The molecule has 38 heavy (non-hydrogen) atoms. The lowest BCUT2D eigenvalue weighted by Crippen LogP contribution is -2.35. The minimum Gasteiger partial charge on any atom is -0.348 e. The van der Waals surface area contributed by atoms with E-state index >= 15 is 0 Å². The minimum absolute atomic E-state index is 0.0555. The van der Waals surface area contributed by atoms with Crippen LogP contribution in [0, 0.1) is 11.3 Å². The van der Waals surface area contributed by atoms with Crippen molar-refractivity contribution in [3.05, 3.63) is 70.1 Å². The molecule has 1 aromatic carbocycles. The average Bonchev–Trinajstić information content (AvgIpc) is 3.20. The average molecular weight is 554 g/mol. The summed E-state index contributed by atoms with van der Waals surface area (Å²) in [5.74, 6) is -0.406. The van der Waals surface area contributed by atoms with E-state index in [1.165, 1.54) is 19.1 Å². The summed E-state index contributed by atoms with van der Waals surface area (Å²) >= 11 is 0. The number of benzene rings is 1. The number of halogens is 3. The Bertz CT molecular complexity index is 1230. The Labute approximate surface area is 222 Å². The Morgan fingerprint density at radius 3 is 2.42 bits per heavy atom. The maximum absolute atomic E-state index is 12.9. The van der Waals surface area contributed by atoms with Gasteiger partial charge < -0.3 is 10.7 Å². The fourth-order valence-corrected chi connectivity index (χ4v) is 4.54. The van der Waals surface area contributed by atoms with Crippen LogP contribution in [-0.2, 0) is 27.5 Å². The van der Waals surface area contributed by atoms with Crippen LogP contribution in [-0.4, -0.2) is 57.0 Å². The van der Waals surface area contributed by atoms with Crippen LogP contribution in [0.5, 0.6) is 0 Å². The summed E-state index contributed by atoms with van der Waals surface area (Å²) in [4.78, 5) is 19.0. The molecule has 1 heterocycles. The number of rotatable bonds is 12. The first-order valence-electron chi connectivity index (χ1n) is 12.0. The van der Waals surface area contributed by atoms with Gasteiger partial charge in [0.1, 0.15) is 0 Å². The molecule has 0 bridgehead atoms. The number of nitrogens with one attached hydrogen (secondary N) is 3. The van der Waals surface area contributed by atoms with Gasteiger partial charge in [0, 0.05) is 43.2 Å². The third-order valence-electron chi connectivity index (χ3n) is 6.04. The smallest absolute Gasteiger partial charge is 0.348 e. The second-order valence-corrected chi connectivity index (χ2v) is 11.3. The van der Waals surface area contributed by atoms with Crippen LogP contribution in [0.4, 0.5) is 13.2 Å². The highest BCUT2D eigenvalue weighted by molar-refractivity contribution is 7.89. The van der Waals surface area contributed by atoms with E-state index in [4.69, 9.17) is 5.41 Å². The third kappa shape index (κ3) is 8.38. The molecule has 0 saturated heterocycles. The van der Waals surface area contributed by atoms with E-state index < -0.39 is 27.7 Å². The first-order valence-corrected chi connectivity index (χ1v) is 13.6. The Morgan fingerprint density at radius 1 is 1.29 bits per heavy atom. The van der Waals surface area contributed by atoms with Crippen molar-refractivity contribution >= 4 is 28.9 Å². The molecule has 0 unspecified atom stereocenters. The SMILES string of the molecule is C=NC1=C(/C=C(\C)C(=O)NC/C(C=N)=C/NS(=O)(=O)CC)CN(Cc2ccc(C(F)(F)F)cc2)[C@H]1C(C)C. The number of sulfonamides is 1. The third-order valence-corrected chi connectivity index (χ3v) is 7.27. The minimum atomic E-state index is -4.40. The quantitative estimate of drug-likeness (QED) is 0.268. The number of carbonyl (C=O) groups excluding carboxylic acids is 1. The van der Waals surface area contributed by atoms with Crippen molar-refractivity contribution in [3.63, 3.8) is 0 Å². The summed E-state index contributed by atoms with van der Waals surface area (Å²) in [5, 5.41) is 10.1. The van der Waals surface area contributed by atoms with Crippen molar-refractivity contribution < 1.29 is 26.4 Å². The zero-order chi connectivity index (χ0) is 28.7. The molecule has 1 aromatic rings. The zero-order valence-corrected chi connectivity index (χ0v) is 22.7. The Balaban J connectivity index is 2.18. The molecule has 1 atom stereocenters. The summed E-state index contributed by atoms with van der Waals surface area (Å²) in [7, 11) is -3.48. The zero-order valence-electron chi connectivity index (χ0n) is 21.9. The van der Waals surface area contributed by atoms with Gasteiger partial charge in [-0.1, -0.05) is 26.0 Å². The maximum Gasteiger partial charge on any atom is 0.416 e. The first-order chi connectivity index (χ1) is 17.7. The maximum atomic E-state index is 12.9. The van der Waals surface area contributed by atoms with Gasteiger partial charge in [-0.2, -0.15) is 13.2 Å². The van der Waals surface area contributed by atoms with Gasteiger partial charge in [0.15, 0.2) is 0 Å². The molecular formula is C26H34F3N5O3S. The van der Waals surface area contributed by atoms with Crippen LogP contribution in [0.1, 0.15) is 38.8 Å². The monoisotopic (exact) mass is 553 g/mol. The fraction of sp³-hybridized carbons (Fsp3) is 0.423. The molecule has 1 aliphatic rings. The number of aliphatic imine (C=N–C) groups is 1. The van der Waals surface area contributed by atoms with Gasteiger partial charge in [-0.15, -0.1) is 0 Å². The molecule has 0 radical (unpaired) electrons. The van der Waals surface area contributed by atoms with Gasteiger partial charge in [-0.3, -0.25) is 19.4 Å². The van der Waals surface area contributed by atoms with Gasteiger partial charge in [0.2, 0.25) is 15.9 Å². The van der Waals surface area contributed by atoms with E-state index in [1.807, 2.05) is 13.8 Å². The lowest BCUT2D eigenvalue weighted by atomic mass is 9.99. The van der Waals surface area contributed by atoms with Crippen molar-refractivity contribution in [2.75, 3.05) is 18.8 Å². The summed E-state index contributed by atoms with van der Waals surface area (Å²) < 4.78 is 64.2. The Hall–Kier alpha value is -3.25. The molecule has 12 heteroatoms. The highest BCUT2D eigenvalue weighted by atomic mass is 32.2. The molecule has 0 spiro atoms. The highest BCUT2D eigenvalue weighted by Crippen LogP contribution is 2.34. The molecule has 0 aliphatic carbocycles. The van der Waals surface area contributed by atoms with E-state index in [1.54, 1.807) is 13.0 Å². The number of hydrogen-bond acceptors (Lipinski definition) is 6. The Kier molecular flexibility index (Phi) is 10.6. The van der Waals surface area contributed by atoms with Crippen molar-refractivity contribution in [1.29, 1.82) is 5.41 Å². The molecule has 208 valence electrons. The van der Waals surface area contributed by atoms with Crippen LogP contribution in [0.25, 0.3) is 0 Å². The number of nitrogens with zero attached hydrogens (tertiary/aromatic N) is 2. The molecule has 3 N–H and O–H groups in total. The van der Waals surface area contributed by atoms with Crippen molar-refractivity contribution in [2.24, 2.45) is 10.9 Å². The van der Waals surface area contributed by atoms with Crippen molar-refractivity contribution in [3.8, 4) is 0 Å². The van der Waals surface area contributed by atoms with Crippen LogP contribution in [0.3, 0.4) is 0 Å². The highest BCUT2D eigenvalue weighted by Gasteiger charge is 2.34. The van der Waals surface area contributed by atoms with E-state index in [0.717, 1.165) is 35.7 Å². The van der Waals surface area contributed by atoms with Gasteiger partial charge in [-0.05, 0) is 55.8 Å². The van der Waals surface area contributed by atoms with Gasteiger partial charge in [-0.25, -0.2) is 8.42 Å². The van der Waals surface area contributed by atoms with Crippen LogP contribution in [0.2, 0.25) is 0 Å². The standard InChI is InChI=1S/C26H34F3N5O3S/c1-6-38(36,37)33-14-20(12-30)13-32-25(35)18(4)11-21-16-34(24(17(2)3)23(21)31-5)15-19-7-9-22(10-8-19)26(27,28)29/h7-12,14,17,24,30,33H,5-6,13,15-16H2,1-4H3,(H,32,35)/b18-11+,20-14+,30-12?/t24-/m0/s1. The normalized spacial score (nSPS) is 17.6. The summed E-state index contributed by atoms with van der Waals surface area (Å²) in [6.07, 6.45) is -0.585. The number of carbonyl (C=O) groups is 1. The molecular weight excluding hydrogens is 519 g/mol. The topological polar surface area (TPSA) is 115 Å². The predicted molar refractivity (Wildman–Crippen MR) is 143 cm³/mol. The molecule has 2 rings (SSSR count). The molecule has 0 aromatic heterocycles. The lowest BCUT2D eigenvalue weighted by molar-refractivity contribution is -0.137. The molecule has 1 aliphatic heterocycles. The summed E-state index contributed by atoms with van der Waals surface area (Å²) in [6.45, 7) is 11.6. The van der Waals surface area contributed by atoms with Crippen molar-refractivity contribution in [2.45, 2.75) is 46.5 Å². The second-order valence-electron chi connectivity index (χ2n) is 9.25. The van der Waals surface area contributed by atoms with Gasteiger partial charge in [0.25, 0.3) is 0 Å². The van der Waals surface area contributed by atoms with Crippen molar-refractivity contribution in [1.82, 2.24) is 14.9 Å². The second kappa shape index (κ2) is 13.0. The molecule has 0 saturated carbocycles. The largest absolute Gasteiger partial charge is 0.416 e. The van der Waals surface area contributed by atoms with Crippen LogP contribution in [0.15, 0.2) is 64.0 Å². The van der Waals surface area contributed by atoms with E-state index in [9.17, 15) is 26.4 Å². The molecule has 8 nitrogen and oxygen atoms in total. The molecule has 0 fully saturated rings. The number of hydrogen-bond donors (Lipinski definition) is 3. The van der Waals surface area contributed by atoms with Crippen LogP contribution < -0.4 is 10.0 Å². The number of amides is 1.